The summed E-state index contributed by atoms with van der Waals surface area (Å²) in [6.07, 6.45) is 0. The summed E-state index contributed by atoms with van der Waals surface area (Å²) in [6.45, 7) is 7.85. The van der Waals surface area contributed by atoms with Gasteiger partial charge in [0.25, 0.3) is 0 Å². The van der Waals surface area contributed by atoms with E-state index in [1.165, 1.54) is 32.0 Å². The largest absolute Gasteiger partial charge is 0.415 e. The molecule has 0 aliphatic heterocycles. The van der Waals surface area contributed by atoms with Gasteiger partial charge in [0.2, 0.25) is 7.83 Å². The quantitative estimate of drug-likeness (QED) is 0.375. The van der Waals surface area contributed by atoms with E-state index in [2.05, 4.69) is 136 Å². The SMILES string of the molecule is CCO[Si](C)(c1cccc2cccc(N(C)C)c12)[Si](C)(c1ccccc1)c1ccccc1. The summed E-state index contributed by atoms with van der Waals surface area (Å²) in [5, 5.41) is 6.90. The van der Waals surface area contributed by atoms with E-state index >= 15 is 0 Å². The second kappa shape index (κ2) is 9.06. The molecule has 0 fully saturated rings. The normalized spacial score (nSPS) is 13.7. The molecule has 0 aliphatic rings. The van der Waals surface area contributed by atoms with Gasteiger partial charge in [-0.1, -0.05) is 108 Å². The van der Waals surface area contributed by atoms with Crippen LogP contribution in [-0.2, 0) is 4.43 Å². The zero-order chi connectivity index (χ0) is 22.8. The number of rotatable bonds is 7. The van der Waals surface area contributed by atoms with Gasteiger partial charge < -0.3 is 9.33 Å². The van der Waals surface area contributed by atoms with Crippen molar-refractivity contribution in [3.05, 3.63) is 97.1 Å². The first-order valence-corrected chi connectivity index (χ1v) is 17.3. The van der Waals surface area contributed by atoms with Gasteiger partial charge >= 0.3 is 0 Å². The smallest absolute Gasteiger partial charge is 0.218 e. The van der Waals surface area contributed by atoms with Gasteiger partial charge in [0.05, 0.1) is 0 Å². The summed E-state index contributed by atoms with van der Waals surface area (Å²) >= 11 is 0. The summed E-state index contributed by atoms with van der Waals surface area (Å²) in [5.41, 5.74) is 1.26. The molecular formula is C28H33NOSi2. The van der Waals surface area contributed by atoms with E-state index in [0.29, 0.717) is 6.61 Å². The first kappa shape index (κ1) is 22.5. The lowest BCUT2D eigenvalue weighted by Gasteiger charge is -2.44. The summed E-state index contributed by atoms with van der Waals surface area (Å²) in [6, 6.07) is 35.6. The Morgan fingerprint density at radius 3 is 1.72 bits per heavy atom. The minimum Gasteiger partial charge on any atom is -0.415 e. The molecule has 1 atom stereocenters. The molecule has 4 rings (SSSR count). The third-order valence-electron chi connectivity index (χ3n) is 6.97. The third kappa shape index (κ3) is 3.62. The highest BCUT2D eigenvalue weighted by Gasteiger charge is 2.54. The Kier molecular flexibility index (Phi) is 6.38. The second-order valence-corrected chi connectivity index (χ2v) is 21.1. The van der Waals surface area contributed by atoms with E-state index in [-0.39, 0.29) is 0 Å². The molecule has 0 N–H and O–H groups in total. The van der Waals surface area contributed by atoms with Crippen molar-refractivity contribution < 1.29 is 4.43 Å². The van der Waals surface area contributed by atoms with E-state index in [9.17, 15) is 0 Å². The molecule has 164 valence electrons. The van der Waals surface area contributed by atoms with Gasteiger partial charge in [-0.05, 0) is 30.1 Å². The Hall–Kier alpha value is -2.67. The molecular weight excluding hydrogens is 422 g/mol. The van der Waals surface area contributed by atoms with Crippen LogP contribution in [0.3, 0.4) is 0 Å². The summed E-state index contributed by atoms with van der Waals surface area (Å²) < 4.78 is 7.01. The molecule has 0 saturated heterocycles. The van der Waals surface area contributed by atoms with Gasteiger partial charge in [0.1, 0.15) is 7.59 Å². The van der Waals surface area contributed by atoms with Crippen LogP contribution in [0.25, 0.3) is 10.8 Å². The molecule has 0 aromatic heterocycles. The van der Waals surface area contributed by atoms with Gasteiger partial charge in [0, 0.05) is 31.8 Å². The molecule has 32 heavy (non-hydrogen) atoms. The van der Waals surface area contributed by atoms with Crippen LogP contribution in [0.4, 0.5) is 5.69 Å². The fourth-order valence-electron chi connectivity index (χ4n) is 5.13. The zero-order valence-corrected chi connectivity index (χ0v) is 21.8. The summed E-state index contributed by atoms with van der Waals surface area (Å²) in [5.74, 6) is 0. The lowest BCUT2D eigenvalue weighted by atomic mass is 10.1. The lowest BCUT2D eigenvalue weighted by Crippen LogP contribution is -2.79. The van der Waals surface area contributed by atoms with Crippen molar-refractivity contribution in [1.82, 2.24) is 0 Å². The van der Waals surface area contributed by atoms with Gasteiger partial charge in [-0.15, -0.1) is 0 Å². The van der Waals surface area contributed by atoms with Crippen LogP contribution in [0.15, 0.2) is 97.1 Å². The maximum Gasteiger partial charge on any atom is 0.218 e. The molecule has 0 saturated carbocycles. The molecule has 0 radical (unpaired) electrons. The number of hydrogen-bond donors (Lipinski definition) is 0. The fraction of sp³-hybridized carbons (Fsp3) is 0.214. The second-order valence-electron chi connectivity index (χ2n) is 8.90. The number of nitrogens with zero attached hydrogens (tertiary/aromatic N) is 1. The Morgan fingerprint density at radius 1 is 0.688 bits per heavy atom. The Bertz CT molecular complexity index is 1150. The van der Waals surface area contributed by atoms with Crippen molar-refractivity contribution in [1.29, 1.82) is 0 Å². The molecule has 0 heterocycles. The minimum atomic E-state index is -2.49. The Labute approximate surface area is 194 Å². The minimum absolute atomic E-state index is 0.714. The van der Waals surface area contributed by atoms with Crippen LogP contribution in [-0.4, -0.2) is 36.1 Å². The maximum atomic E-state index is 7.01. The van der Waals surface area contributed by atoms with Gasteiger partial charge in [-0.25, -0.2) is 0 Å². The molecule has 1 unspecified atom stereocenters. The molecule has 0 aliphatic carbocycles. The summed E-state index contributed by atoms with van der Waals surface area (Å²) in [7, 11) is -0.514. The van der Waals surface area contributed by atoms with Crippen molar-refractivity contribution in [2.24, 2.45) is 0 Å². The van der Waals surface area contributed by atoms with E-state index in [1.54, 1.807) is 0 Å². The van der Waals surface area contributed by atoms with Crippen LogP contribution in [0, 0.1) is 0 Å². The third-order valence-corrected chi connectivity index (χ3v) is 22.9. The highest BCUT2D eigenvalue weighted by molar-refractivity contribution is 7.53. The summed E-state index contributed by atoms with van der Waals surface area (Å²) in [4.78, 5) is 2.23. The number of fused-ring (bicyclic) bond motifs is 1. The van der Waals surface area contributed by atoms with Crippen LogP contribution in [0.1, 0.15) is 6.92 Å². The number of benzene rings is 4. The van der Waals surface area contributed by atoms with Gasteiger partial charge in [-0.2, -0.15) is 0 Å². The average Bonchev–Trinajstić information content (AvgIpc) is 2.83. The monoisotopic (exact) mass is 455 g/mol. The highest BCUT2D eigenvalue weighted by Crippen LogP contribution is 2.30. The Balaban J connectivity index is 2.12. The van der Waals surface area contributed by atoms with E-state index < -0.39 is 15.4 Å². The predicted molar refractivity (Wildman–Crippen MR) is 145 cm³/mol. The fourth-order valence-corrected chi connectivity index (χ4v) is 18.9. The van der Waals surface area contributed by atoms with Crippen LogP contribution < -0.4 is 20.5 Å². The van der Waals surface area contributed by atoms with Crippen molar-refractivity contribution in [2.45, 2.75) is 20.0 Å². The molecule has 2 nitrogen and oxygen atoms in total. The molecule has 4 aromatic rings. The van der Waals surface area contributed by atoms with Crippen LogP contribution in [0.5, 0.6) is 0 Å². The first-order valence-electron chi connectivity index (χ1n) is 11.4. The number of anilines is 1. The lowest BCUT2D eigenvalue weighted by molar-refractivity contribution is 0.346. The Morgan fingerprint density at radius 2 is 1.22 bits per heavy atom. The van der Waals surface area contributed by atoms with E-state index in [1.807, 2.05) is 0 Å². The average molecular weight is 456 g/mol. The van der Waals surface area contributed by atoms with Crippen LogP contribution in [0.2, 0.25) is 13.1 Å². The molecule has 4 heteroatoms. The van der Waals surface area contributed by atoms with E-state index in [4.69, 9.17) is 4.43 Å². The van der Waals surface area contributed by atoms with Crippen molar-refractivity contribution in [3.8, 4) is 0 Å². The standard InChI is InChI=1S/C28H33NOSi2/c1-6-30-32(5,27-22-14-16-23-15-13-21-26(28(23)27)29(2)3)31(4,24-17-9-7-10-18-24)25-19-11-8-12-20-25/h7-22H,6H2,1-5H3. The molecule has 4 aromatic carbocycles. The molecule has 0 amide bonds. The van der Waals surface area contributed by atoms with Gasteiger partial charge in [-0.3, -0.25) is 0 Å². The van der Waals surface area contributed by atoms with E-state index in [0.717, 1.165) is 0 Å². The topological polar surface area (TPSA) is 12.5 Å². The van der Waals surface area contributed by atoms with Gasteiger partial charge in [0.15, 0.2) is 0 Å². The molecule has 0 bridgehead atoms. The van der Waals surface area contributed by atoms with Crippen molar-refractivity contribution >= 4 is 47.4 Å². The zero-order valence-electron chi connectivity index (χ0n) is 19.8. The predicted octanol–water partition coefficient (Wildman–Crippen LogP) is 4.70. The van der Waals surface area contributed by atoms with Crippen LogP contribution >= 0.6 is 0 Å². The van der Waals surface area contributed by atoms with Crippen molar-refractivity contribution in [3.63, 3.8) is 0 Å². The number of hydrogen-bond acceptors (Lipinski definition) is 2. The maximum absolute atomic E-state index is 7.01. The van der Waals surface area contributed by atoms with Crippen molar-refractivity contribution in [2.75, 3.05) is 25.6 Å². The molecule has 0 spiro atoms. The first-order chi connectivity index (χ1) is 15.4. The highest BCUT2D eigenvalue weighted by atomic mass is 29.3.